The van der Waals surface area contributed by atoms with E-state index in [0.717, 1.165) is 29.7 Å². The average Bonchev–Trinajstić information content (AvgIpc) is 3.28. The van der Waals surface area contributed by atoms with E-state index in [9.17, 15) is 14.9 Å². The van der Waals surface area contributed by atoms with Crippen LogP contribution in [0.3, 0.4) is 0 Å². The van der Waals surface area contributed by atoms with E-state index in [2.05, 4.69) is 6.07 Å². The lowest BCUT2D eigenvalue weighted by Gasteiger charge is -2.50. The van der Waals surface area contributed by atoms with Crippen molar-refractivity contribution in [2.45, 2.75) is 31.6 Å². The lowest BCUT2D eigenvalue weighted by molar-refractivity contribution is -0.131. The Hall–Kier alpha value is -3.72. The SMILES string of the molecule is C[C@@H]1C(=O)C(C#N)C[C@@]2(c3ccccc3)c3nn(C(=O)Oc4ccccc4)cc3CCC12. The van der Waals surface area contributed by atoms with Gasteiger partial charge in [-0.2, -0.15) is 15.0 Å². The van der Waals surface area contributed by atoms with E-state index in [0.29, 0.717) is 12.2 Å². The van der Waals surface area contributed by atoms with E-state index >= 15 is 0 Å². The first kappa shape index (κ1) is 20.2. The lowest BCUT2D eigenvalue weighted by Crippen LogP contribution is -2.52. The van der Waals surface area contributed by atoms with Crippen LogP contribution in [0.2, 0.25) is 0 Å². The monoisotopic (exact) mass is 425 g/mol. The molecule has 1 fully saturated rings. The van der Waals surface area contributed by atoms with Crippen LogP contribution in [0.4, 0.5) is 4.79 Å². The van der Waals surface area contributed by atoms with Crippen molar-refractivity contribution in [3.05, 3.63) is 83.7 Å². The molecular weight excluding hydrogens is 402 g/mol. The van der Waals surface area contributed by atoms with Crippen LogP contribution in [0, 0.1) is 29.1 Å². The quantitative estimate of drug-likeness (QED) is 0.602. The number of nitriles is 1. The molecule has 0 saturated heterocycles. The molecule has 4 atom stereocenters. The molecule has 0 amide bonds. The van der Waals surface area contributed by atoms with Crippen LogP contribution in [0.15, 0.2) is 66.9 Å². The Balaban J connectivity index is 1.62. The molecule has 0 spiro atoms. The van der Waals surface area contributed by atoms with Crippen molar-refractivity contribution < 1.29 is 14.3 Å². The Morgan fingerprint density at radius 2 is 1.84 bits per heavy atom. The normalized spacial score (nSPS) is 26.5. The number of carbonyl (C=O) groups excluding carboxylic acids is 2. The second-order valence-electron chi connectivity index (χ2n) is 8.69. The number of rotatable bonds is 2. The van der Waals surface area contributed by atoms with Gasteiger partial charge in [0.1, 0.15) is 11.7 Å². The summed E-state index contributed by atoms with van der Waals surface area (Å²) in [5.74, 6) is -0.488. The molecule has 2 aliphatic carbocycles. The number of Topliss-reactive ketones (excluding diaryl/α,β-unsaturated/α-hetero) is 1. The largest absolute Gasteiger partial charge is 0.440 e. The number of aromatic nitrogens is 2. The number of benzene rings is 2. The Morgan fingerprint density at radius 3 is 2.53 bits per heavy atom. The van der Waals surface area contributed by atoms with E-state index in [4.69, 9.17) is 9.84 Å². The van der Waals surface area contributed by atoms with Gasteiger partial charge < -0.3 is 4.74 Å². The van der Waals surface area contributed by atoms with Gasteiger partial charge in [0.25, 0.3) is 0 Å². The molecule has 1 aromatic heterocycles. The predicted octanol–water partition coefficient (Wildman–Crippen LogP) is 4.53. The minimum atomic E-state index is -0.700. The number of para-hydroxylation sites is 1. The molecule has 6 heteroatoms. The summed E-state index contributed by atoms with van der Waals surface area (Å²) in [4.78, 5) is 25.7. The number of nitrogens with zero attached hydrogens (tertiary/aromatic N) is 3. The van der Waals surface area contributed by atoms with Crippen molar-refractivity contribution in [3.8, 4) is 11.8 Å². The maximum atomic E-state index is 12.9. The molecule has 2 aliphatic rings. The van der Waals surface area contributed by atoms with Crippen LogP contribution in [0.5, 0.6) is 5.75 Å². The molecule has 6 nitrogen and oxygen atoms in total. The standard InChI is InChI=1S/C26H23N3O3/c1-17-22-13-12-18-16-29(25(31)32-21-10-6-3-7-11-21)28-24(18)26(22,14-19(15-27)23(17)30)20-8-4-2-5-9-20/h2-11,16-17,19,22H,12-14H2,1H3/t17-,19?,22?,26-/m0/s1. The number of hydrogen-bond acceptors (Lipinski definition) is 5. The highest BCUT2D eigenvalue weighted by Gasteiger charge is 2.56. The molecular formula is C26H23N3O3. The molecule has 5 rings (SSSR count). The van der Waals surface area contributed by atoms with E-state index in [1.807, 2.05) is 43.3 Å². The number of ketones is 1. The van der Waals surface area contributed by atoms with Gasteiger partial charge in [0.15, 0.2) is 5.78 Å². The van der Waals surface area contributed by atoms with Gasteiger partial charge in [-0.3, -0.25) is 4.79 Å². The molecule has 0 radical (unpaired) electrons. The molecule has 0 aliphatic heterocycles. The van der Waals surface area contributed by atoms with Gasteiger partial charge in [0, 0.05) is 17.5 Å². The molecule has 2 unspecified atom stereocenters. The molecule has 3 aromatic rings. The highest BCUT2D eigenvalue weighted by Crippen LogP contribution is 2.55. The van der Waals surface area contributed by atoms with Crippen molar-refractivity contribution in [1.82, 2.24) is 9.78 Å². The third kappa shape index (κ3) is 3.04. The third-order valence-corrected chi connectivity index (χ3v) is 7.07. The number of aryl methyl sites for hydroxylation is 1. The molecule has 32 heavy (non-hydrogen) atoms. The van der Waals surface area contributed by atoms with Crippen molar-refractivity contribution in [3.63, 3.8) is 0 Å². The minimum Gasteiger partial charge on any atom is -0.409 e. The van der Waals surface area contributed by atoms with Crippen LogP contribution in [0.1, 0.15) is 36.6 Å². The van der Waals surface area contributed by atoms with E-state index in [1.165, 1.54) is 4.68 Å². The van der Waals surface area contributed by atoms with Gasteiger partial charge in [-0.15, -0.1) is 0 Å². The number of hydrogen-bond donors (Lipinski definition) is 0. The number of fused-ring (bicyclic) bond motifs is 3. The number of ether oxygens (including phenoxy) is 1. The van der Waals surface area contributed by atoms with Crippen LogP contribution >= 0.6 is 0 Å². The fraction of sp³-hybridized carbons (Fsp3) is 0.308. The van der Waals surface area contributed by atoms with Gasteiger partial charge in [-0.05, 0) is 48.4 Å². The van der Waals surface area contributed by atoms with Gasteiger partial charge in [-0.1, -0.05) is 55.5 Å². The summed E-state index contributed by atoms with van der Waals surface area (Å²) in [6.45, 7) is 1.93. The van der Waals surface area contributed by atoms with Crippen LogP contribution in [-0.4, -0.2) is 21.7 Å². The first-order chi connectivity index (χ1) is 15.5. The van der Waals surface area contributed by atoms with Crippen molar-refractivity contribution in [2.75, 3.05) is 0 Å². The van der Waals surface area contributed by atoms with Crippen molar-refractivity contribution >= 4 is 11.9 Å². The van der Waals surface area contributed by atoms with Crippen LogP contribution < -0.4 is 4.74 Å². The predicted molar refractivity (Wildman–Crippen MR) is 117 cm³/mol. The summed E-state index contributed by atoms with van der Waals surface area (Å²) < 4.78 is 6.75. The first-order valence-corrected chi connectivity index (χ1v) is 10.9. The second kappa shape index (κ2) is 7.76. The molecule has 160 valence electrons. The average molecular weight is 425 g/mol. The Bertz CT molecular complexity index is 1210. The Morgan fingerprint density at radius 1 is 1.16 bits per heavy atom. The van der Waals surface area contributed by atoms with Gasteiger partial charge in [-0.25, -0.2) is 4.79 Å². The van der Waals surface area contributed by atoms with Crippen molar-refractivity contribution in [2.24, 2.45) is 17.8 Å². The Kier molecular flexibility index (Phi) is 4.90. The molecule has 0 bridgehead atoms. The van der Waals surface area contributed by atoms with E-state index < -0.39 is 17.4 Å². The topological polar surface area (TPSA) is 85.0 Å². The van der Waals surface area contributed by atoms with Gasteiger partial charge in [0.05, 0.1) is 11.8 Å². The highest BCUT2D eigenvalue weighted by molar-refractivity contribution is 5.87. The number of carbonyl (C=O) groups is 2. The smallest absolute Gasteiger partial charge is 0.409 e. The highest BCUT2D eigenvalue weighted by atomic mass is 16.6. The molecule has 2 aromatic carbocycles. The fourth-order valence-corrected chi connectivity index (χ4v) is 5.61. The molecule has 1 heterocycles. The third-order valence-electron chi connectivity index (χ3n) is 7.07. The molecule has 0 N–H and O–H groups in total. The zero-order chi connectivity index (χ0) is 22.3. The summed E-state index contributed by atoms with van der Waals surface area (Å²) in [5, 5.41) is 14.5. The lowest BCUT2D eigenvalue weighted by atomic mass is 9.51. The van der Waals surface area contributed by atoms with Crippen molar-refractivity contribution in [1.29, 1.82) is 5.26 Å². The van der Waals surface area contributed by atoms with Gasteiger partial charge in [0.2, 0.25) is 0 Å². The maximum absolute atomic E-state index is 12.9. The summed E-state index contributed by atoms with van der Waals surface area (Å²) in [7, 11) is 0. The Labute approximate surface area is 186 Å². The zero-order valence-corrected chi connectivity index (χ0v) is 17.8. The summed E-state index contributed by atoms with van der Waals surface area (Å²) in [6.07, 6.45) is 3.06. The summed E-state index contributed by atoms with van der Waals surface area (Å²) in [6, 6.07) is 21.1. The minimum absolute atomic E-state index is 0.00965. The summed E-state index contributed by atoms with van der Waals surface area (Å²) in [5.41, 5.74) is 2.19. The first-order valence-electron chi connectivity index (χ1n) is 10.9. The fourth-order valence-electron chi connectivity index (χ4n) is 5.61. The summed E-state index contributed by atoms with van der Waals surface area (Å²) >= 11 is 0. The van der Waals surface area contributed by atoms with Gasteiger partial charge >= 0.3 is 6.09 Å². The molecule has 1 saturated carbocycles. The van der Waals surface area contributed by atoms with E-state index in [-0.39, 0.29) is 17.6 Å². The van der Waals surface area contributed by atoms with E-state index in [1.54, 1.807) is 30.5 Å². The maximum Gasteiger partial charge on any atom is 0.440 e. The zero-order valence-electron chi connectivity index (χ0n) is 17.8. The van der Waals surface area contributed by atoms with Crippen LogP contribution in [0.25, 0.3) is 0 Å². The second-order valence-corrected chi connectivity index (χ2v) is 8.69. The van der Waals surface area contributed by atoms with Crippen LogP contribution in [-0.2, 0) is 16.6 Å².